The molecular weight excluding hydrogens is 489 g/mol. The van der Waals surface area contributed by atoms with Gasteiger partial charge in [-0.05, 0) is 129 Å². The third kappa shape index (κ3) is 4.53. The normalized spacial score (nSPS) is 16.1. The van der Waals surface area contributed by atoms with Gasteiger partial charge < -0.3 is 0 Å². The lowest BCUT2D eigenvalue weighted by Crippen LogP contribution is -2.40. The Morgan fingerprint density at radius 2 is 0.972 bits per heavy atom. The minimum atomic E-state index is -1.34. The SMILES string of the molecule is CC(C)[P+](C)(c1cc2c(cc1P(C)c1cc3c(cc1[P+](C)(C(C)C)C(C)C)CC=C3)CC=C2)C(C)C. The monoisotopic (exact) mass is 538 g/mol. The summed E-state index contributed by atoms with van der Waals surface area (Å²) in [5.41, 5.74) is 8.80. The highest BCUT2D eigenvalue weighted by Crippen LogP contribution is 2.64. The van der Waals surface area contributed by atoms with Crippen LogP contribution in [0.3, 0.4) is 0 Å². The zero-order valence-electron chi connectivity index (χ0n) is 24.7. The number of fused-ring (bicyclic) bond motifs is 2. The Labute approximate surface area is 224 Å². The minimum absolute atomic E-state index is 0.459. The molecule has 2 aromatic carbocycles. The van der Waals surface area contributed by atoms with Crippen molar-refractivity contribution in [3.8, 4) is 0 Å². The Balaban J connectivity index is 2.01. The summed E-state index contributed by atoms with van der Waals surface area (Å²) in [5, 5.41) is 6.78. The van der Waals surface area contributed by atoms with E-state index in [2.05, 4.69) is 124 Å². The molecular formula is C33H49P3+2. The predicted octanol–water partition coefficient (Wildman–Crippen LogP) is 8.07. The van der Waals surface area contributed by atoms with Gasteiger partial charge in [-0.15, -0.1) is 0 Å². The summed E-state index contributed by atoms with van der Waals surface area (Å²) in [5.74, 6) is 0. The van der Waals surface area contributed by atoms with E-state index in [1.165, 1.54) is 16.7 Å². The molecule has 0 amide bonds. The Morgan fingerprint density at radius 3 is 1.44 bits per heavy atom. The minimum Gasteiger partial charge on any atom is -0.0795 e. The predicted molar refractivity (Wildman–Crippen MR) is 176 cm³/mol. The highest BCUT2D eigenvalue weighted by Gasteiger charge is 2.47. The lowest BCUT2D eigenvalue weighted by Gasteiger charge is -2.36. The Bertz CT molecular complexity index is 1180. The first kappa shape index (κ1) is 28.2. The first-order chi connectivity index (χ1) is 16.8. The van der Waals surface area contributed by atoms with E-state index in [-0.39, 0.29) is 0 Å². The van der Waals surface area contributed by atoms with Crippen LogP contribution in [0, 0.1) is 0 Å². The molecule has 2 aromatic rings. The molecule has 0 spiro atoms. The maximum absolute atomic E-state index is 2.66. The molecule has 0 aromatic heterocycles. The molecule has 0 bridgehead atoms. The molecule has 4 rings (SSSR count). The van der Waals surface area contributed by atoms with Gasteiger partial charge in [-0.2, -0.15) is 0 Å². The van der Waals surface area contributed by atoms with Gasteiger partial charge in [0, 0.05) is 25.1 Å². The summed E-state index contributed by atoms with van der Waals surface area (Å²) in [6.07, 6.45) is 11.7. The average molecular weight is 539 g/mol. The number of rotatable bonds is 8. The molecule has 36 heavy (non-hydrogen) atoms. The maximum atomic E-state index is 2.66. The number of hydrogen-bond donors (Lipinski definition) is 0. The van der Waals surface area contributed by atoms with Crippen LogP contribution in [0.1, 0.15) is 77.6 Å². The molecule has 2 aliphatic rings. The summed E-state index contributed by atoms with van der Waals surface area (Å²) in [7, 11) is -3.14. The van der Waals surface area contributed by atoms with Crippen LogP contribution < -0.4 is 21.2 Å². The van der Waals surface area contributed by atoms with Crippen molar-refractivity contribution in [2.75, 3.05) is 20.0 Å². The zero-order chi connectivity index (χ0) is 26.6. The fourth-order valence-electron chi connectivity index (χ4n) is 6.31. The summed E-state index contributed by atoms with van der Waals surface area (Å²) < 4.78 is 0. The van der Waals surface area contributed by atoms with Crippen molar-refractivity contribution in [3.05, 3.63) is 58.7 Å². The van der Waals surface area contributed by atoms with Crippen molar-refractivity contribution in [1.82, 2.24) is 0 Å². The third-order valence-electron chi connectivity index (χ3n) is 9.79. The topological polar surface area (TPSA) is 0 Å². The number of hydrogen-bond acceptors (Lipinski definition) is 0. The van der Waals surface area contributed by atoms with Gasteiger partial charge in [-0.3, -0.25) is 0 Å². The molecule has 0 fully saturated rings. The van der Waals surface area contributed by atoms with Gasteiger partial charge in [0.15, 0.2) is 0 Å². The quantitative estimate of drug-likeness (QED) is 0.298. The molecule has 194 valence electrons. The van der Waals surface area contributed by atoms with Gasteiger partial charge in [0.05, 0.1) is 36.0 Å². The van der Waals surface area contributed by atoms with Gasteiger partial charge in [-0.1, -0.05) is 24.3 Å². The third-order valence-corrected chi connectivity index (χ3v) is 23.7. The highest BCUT2D eigenvalue weighted by molar-refractivity contribution is 7.88. The maximum Gasteiger partial charge on any atom is 0.103 e. The van der Waals surface area contributed by atoms with Crippen LogP contribution in [0.2, 0.25) is 0 Å². The molecule has 0 nitrogen and oxygen atoms in total. The molecule has 0 saturated carbocycles. The highest BCUT2D eigenvalue weighted by atomic mass is 31.2. The van der Waals surface area contributed by atoms with E-state index in [0.717, 1.165) is 12.8 Å². The molecule has 0 aliphatic heterocycles. The second-order valence-corrected chi connectivity index (χ2v) is 24.3. The lowest BCUT2D eigenvalue weighted by molar-refractivity contribution is 0.998. The van der Waals surface area contributed by atoms with E-state index in [1.54, 1.807) is 26.8 Å². The van der Waals surface area contributed by atoms with Crippen molar-refractivity contribution in [2.45, 2.75) is 90.9 Å². The van der Waals surface area contributed by atoms with Crippen molar-refractivity contribution >= 4 is 55.8 Å². The molecule has 2 aliphatic carbocycles. The fourth-order valence-corrected chi connectivity index (χ4v) is 16.8. The molecule has 0 heterocycles. The van der Waals surface area contributed by atoms with E-state index < -0.39 is 22.4 Å². The first-order valence-electron chi connectivity index (χ1n) is 14.0. The van der Waals surface area contributed by atoms with Crippen molar-refractivity contribution in [2.24, 2.45) is 0 Å². The molecule has 1 atom stereocenters. The van der Waals surface area contributed by atoms with E-state index in [0.29, 0.717) is 22.6 Å². The Morgan fingerprint density at radius 1 is 0.583 bits per heavy atom. The average Bonchev–Trinajstić information content (AvgIpc) is 3.48. The molecule has 0 radical (unpaired) electrons. The zero-order valence-corrected chi connectivity index (χ0v) is 27.4. The van der Waals surface area contributed by atoms with Crippen LogP contribution >= 0.6 is 22.4 Å². The Kier molecular flexibility index (Phi) is 8.16. The molecule has 0 N–H and O–H groups in total. The van der Waals surface area contributed by atoms with E-state index in [9.17, 15) is 0 Å². The second kappa shape index (κ2) is 10.4. The molecule has 0 saturated heterocycles. The van der Waals surface area contributed by atoms with Gasteiger partial charge in [0.25, 0.3) is 0 Å². The van der Waals surface area contributed by atoms with Crippen LogP contribution in [0.5, 0.6) is 0 Å². The van der Waals surface area contributed by atoms with Crippen molar-refractivity contribution in [1.29, 1.82) is 0 Å². The largest absolute Gasteiger partial charge is 0.103 e. The lowest BCUT2D eigenvalue weighted by atomic mass is 10.1. The summed E-state index contributed by atoms with van der Waals surface area (Å²) in [4.78, 5) is 0. The van der Waals surface area contributed by atoms with Gasteiger partial charge in [0.2, 0.25) is 0 Å². The summed E-state index contributed by atoms with van der Waals surface area (Å²) >= 11 is 0. The number of benzene rings is 2. The van der Waals surface area contributed by atoms with Crippen LogP contribution in [0.25, 0.3) is 12.2 Å². The van der Waals surface area contributed by atoms with Crippen LogP contribution in [-0.2, 0) is 12.8 Å². The van der Waals surface area contributed by atoms with Crippen molar-refractivity contribution in [3.63, 3.8) is 0 Å². The van der Waals surface area contributed by atoms with Crippen LogP contribution in [-0.4, -0.2) is 42.6 Å². The van der Waals surface area contributed by atoms with Crippen LogP contribution in [0.15, 0.2) is 36.4 Å². The molecule has 1 unspecified atom stereocenters. The second-order valence-electron chi connectivity index (χ2n) is 12.5. The van der Waals surface area contributed by atoms with Gasteiger partial charge >= 0.3 is 0 Å². The van der Waals surface area contributed by atoms with Gasteiger partial charge in [0.1, 0.15) is 10.6 Å². The van der Waals surface area contributed by atoms with Crippen molar-refractivity contribution < 1.29 is 0 Å². The van der Waals surface area contributed by atoms with Crippen LogP contribution in [0.4, 0.5) is 0 Å². The summed E-state index contributed by atoms with van der Waals surface area (Å²) in [6.45, 7) is 27.7. The molecule has 3 heteroatoms. The smallest absolute Gasteiger partial charge is 0.0795 e. The first-order valence-corrected chi connectivity index (χ1v) is 20.5. The van der Waals surface area contributed by atoms with Gasteiger partial charge in [-0.25, -0.2) is 0 Å². The summed E-state index contributed by atoms with van der Waals surface area (Å²) in [6, 6.07) is 10.6. The number of allylic oxidation sites excluding steroid dienone is 2. The fraction of sp³-hybridized carbons (Fsp3) is 0.515. The Hall–Kier alpha value is -0.790. The van der Waals surface area contributed by atoms with E-state index in [1.807, 2.05) is 0 Å². The van der Waals surface area contributed by atoms with E-state index >= 15 is 0 Å². The standard InChI is InChI=1S/C33H49P3/c1-22(2)35(10,23(3)4)32-20-28-16-12-14-26(28)18-30(32)34(9)31-19-27-15-13-17-29(27)21-33(31)36(11,24(5)6)25(7)8/h12-14,17-25H,15-16H2,1-11H3/q+2. The van der Waals surface area contributed by atoms with E-state index in [4.69, 9.17) is 0 Å².